The number of pyridine rings is 1. The summed E-state index contributed by atoms with van der Waals surface area (Å²) in [6, 6.07) is 5.63. The zero-order valence-electron chi connectivity index (χ0n) is 7.99. The number of rotatable bonds is 3. The van der Waals surface area contributed by atoms with Gasteiger partial charge in [0.05, 0.1) is 6.04 Å². The van der Waals surface area contributed by atoms with Crippen LogP contribution in [0.5, 0.6) is 0 Å². The first-order chi connectivity index (χ1) is 6.76. The Morgan fingerprint density at radius 3 is 3.14 bits per heavy atom. The van der Waals surface area contributed by atoms with Gasteiger partial charge in [0.25, 0.3) is 0 Å². The lowest BCUT2D eigenvalue weighted by Crippen LogP contribution is -2.23. The number of nitrogens with zero attached hydrogens (tertiary/aromatic N) is 2. The molecule has 0 aliphatic rings. The van der Waals surface area contributed by atoms with Crippen molar-refractivity contribution in [3.05, 3.63) is 29.6 Å². The molecule has 0 bridgehead atoms. The minimum Gasteiger partial charge on any atom is -0.300 e. The Balaban J connectivity index is 2.61. The minimum atomic E-state index is 0.0358. The van der Waals surface area contributed by atoms with E-state index in [-0.39, 0.29) is 6.04 Å². The van der Waals surface area contributed by atoms with Gasteiger partial charge < -0.3 is 0 Å². The van der Waals surface area contributed by atoms with E-state index in [1.165, 1.54) is 0 Å². The lowest BCUT2D eigenvalue weighted by Gasteiger charge is -2.06. The van der Waals surface area contributed by atoms with Crippen molar-refractivity contribution in [2.45, 2.75) is 19.5 Å². The average molecular weight is 185 g/mol. The van der Waals surface area contributed by atoms with Gasteiger partial charge in [-0.05, 0) is 24.6 Å². The lowest BCUT2D eigenvalue weighted by atomic mass is 10.2. The van der Waals surface area contributed by atoms with Crippen molar-refractivity contribution >= 4 is 0 Å². The molecule has 0 saturated heterocycles. The van der Waals surface area contributed by atoms with E-state index in [9.17, 15) is 0 Å². The van der Waals surface area contributed by atoms with Gasteiger partial charge in [0.2, 0.25) is 0 Å². The highest BCUT2D eigenvalue weighted by atomic mass is 14.9. The molecule has 1 heterocycles. The van der Waals surface area contributed by atoms with Crippen LogP contribution in [0.3, 0.4) is 0 Å². The van der Waals surface area contributed by atoms with Crippen LogP contribution in [0.2, 0.25) is 0 Å². The van der Waals surface area contributed by atoms with E-state index < -0.39 is 0 Å². The van der Waals surface area contributed by atoms with Gasteiger partial charge in [0, 0.05) is 12.7 Å². The van der Waals surface area contributed by atoms with Crippen molar-refractivity contribution in [1.82, 2.24) is 10.3 Å². The van der Waals surface area contributed by atoms with Gasteiger partial charge in [0.15, 0.2) is 0 Å². The Morgan fingerprint density at radius 2 is 2.50 bits per heavy atom. The fraction of sp³-hybridized carbons (Fsp3) is 0.273. The number of nitriles is 1. The Bertz CT molecular complexity index is 384. The zero-order valence-corrected chi connectivity index (χ0v) is 7.99. The van der Waals surface area contributed by atoms with Gasteiger partial charge in [-0.2, -0.15) is 5.26 Å². The summed E-state index contributed by atoms with van der Waals surface area (Å²) >= 11 is 0. The third-order valence-corrected chi connectivity index (χ3v) is 1.80. The average Bonchev–Trinajstić information content (AvgIpc) is 2.26. The molecular weight excluding hydrogens is 174 g/mol. The van der Waals surface area contributed by atoms with E-state index in [2.05, 4.69) is 16.2 Å². The predicted octanol–water partition coefficient (Wildman–Crippen LogP) is 1.06. The maximum absolute atomic E-state index is 8.62. The molecule has 1 aromatic rings. The number of nitrogens with one attached hydrogen (secondary N) is 1. The summed E-state index contributed by atoms with van der Waals surface area (Å²) in [5, 5.41) is 11.7. The molecule has 1 rings (SSSR count). The second-order valence-corrected chi connectivity index (χ2v) is 2.93. The molecule has 1 aromatic heterocycles. The van der Waals surface area contributed by atoms with Gasteiger partial charge >= 0.3 is 0 Å². The standard InChI is InChI=1S/C11H11N3/c1-3-9(2)14-8-10-4-5-13-11(6-10)7-12/h1,4-6,9,14H,8H2,2H3. The predicted molar refractivity (Wildman–Crippen MR) is 54.1 cm³/mol. The molecule has 1 N–H and O–H groups in total. The van der Waals surface area contributed by atoms with E-state index in [1.807, 2.05) is 19.1 Å². The normalized spacial score (nSPS) is 11.4. The Hall–Kier alpha value is -1.84. The molecule has 3 heteroatoms. The first-order valence-corrected chi connectivity index (χ1v) is 4.31. The summed E-state index contributed by atoms with van der Waals surface area (Å²) < 4.78 is 0. The fourth-order valence-corrected chi connectivity index (χ4v) is 0.975. The molecule has 0 fully saturated rings. The van der Waals surface area contributed by atoms with Gasteiger partial charge in [-0.3, -0.25) is 5.32 Å². The van der Waals surface area contributed by atoms with E-state index in [1.54, 1.807) is 12.3 Å². The highest BCUT2D eigenvalue weighted by Crippen LogP contribution is 2.00. The van der Waals surface area contributed by atoms with Gasteiger partial charge in [0.1, 0.15) is 11.8 Å². The van der Waals surface area contributed by atoms with Crippen molar-refractivity contribution in [1.29, 1.82) is 5.26 Å². The SMILES string of the molecule is C#CC(C)NCc1ccnc(C#N)c1. The summed E-state index contributed by atoms with van der Waals surface area (Å²) in [5.41, 5.74) is 1.44. The monoisotopic (exact) mass is 185 g/mol. The molecule has 0 aromatic carbocycles. The van der Waals surface area contributed by atoms with Crippen LogP contribution < -0.4 is 5.32 Å². The van der Waals surface area contributed by atoms with Crippen LogP contribution in [-0.4, -0.2) is 11.0 Å². The molecule has 0 aliphatic heterocycles. The molecule has 1 atom stereocenters. The molecule has 14 heavy (non-hydrogen) atoms. The second kappa shape index (κ2) is 5.01. The third kappa shape index (κ3) is 2.90. The largest absolute Gasteiger partial charge is 0.300 e. The summed E-state index contributed by atoms with van der Waals surface area (Å²) in [7, 11) is 0. The van der Waals surface area contributed by atoms with Crippen LogP contribution in [0, 0.1) is 23.7 Å². The van der Waals surface area contributed by atoms with E-state index in [0.717, 1.165) is 5.56 Å². The molecule has 0 radical (unpaired) electrons. The molecule has 1 unspecified atom stereocenters. The molecule has 3 nitrogen and oxygen atoms in total. The van der Waals surface area contributed by atoms with Crippen LogP contribution >= 0.6 is 0 Å². The Labute approximate surface area is 83.8 Å². The number of aromatic nitrogens is 1. The van der Waals surface area contributed by atoms with Crippen molar-refractivity contribution in [2.24, 2.45) is 0 Å². The first-order valence-electron chi connectivity index (χ1n) is 4.31. The van der Waals surface area contributed by atoms with Crippen molar-refractivity contribution < 1.29 is 0 Å². The van der Waals surface area contributed by atoms with Crippen LogP contribution in [0.1, 0.15) is 18.2 Å². The highest BCUT2D eigenvalue weighted by Gasteiger charge is 1.98. The van der Waals surface area contributed by atoms with E-state index in [4.69, 9.17) is 11.7 Å². The lowest BCUT2D eigenvalue weighted by molar-refractivity contribution is 0.647. The minimum absolute atomic E-state index is 0.0358. The summed E-state index contributed by atoms with van der Waals surface area (Å²) in [6.45, 7) is 2.56. The van der Waals surface area contributed by atoms with E-state index in [0.29, 0.717) is 12.2 Å². The van der Waals surface area contributed by atoms with Gasteiger partial charge in [-0.15, -0.1) is 6.42 Å². The van der Waals surface area contributed by atoms with Crippen molar-refractivity contribution in [3.63, 3.8) is 0 Å². The molecule has 0 amide bonds. The maximum atomic E-state index is 8.62. The van der Waals surface area contributed by atoms with Gasteiger partial charge in [-0.1, -0.05) is 5.92 Å². The second-order valence-electron chi connectivity index (χ2n) is 2.93. The van der Waals surface area contributed by atoms with Crippen LogP contribution in [-0.2, 0) is 6.54 Å². The molecule has 0 spiro atoms. The van der Waals surface area contributed by atoms with Crippen LogP contribution in [0.15, 0.2) is 18.3 Å². The van der Waals surface area contributed by atoms with Crippen molar-refractivity contribution in [3.8, 4) is 18.4 Å². The molecule has 0 aliphatic carbocycles. The summed E-state index contributed by atoms with van der Waals surface area (Å²) in [4.78, 5) is 3.88. The Morgan fingerprint density at radius 1 is 1.71 bits per heavy atom. The van der Waals surface area contributed by atoms with Crippen molar-refractivity contribution in [2.75, 3.05) is 0 Å². The quantitative estimate of drug-likeness (QED) is 0.716. The van der Waals surface area contributed by atoms with Crippen LogP contribution in [0.25, 0.3) is 0 Å². The Kier molecular flexibility index (Phi) is 3.67. The topological polar surface area (TPSA) is 48.7 Å². The fourth-order valence-electron chi connectivity index (χ4n) is 0.975. The van der Waals surface area contributed by atoms with Gasteiger partial charge in [-0.25, -0.2) is 4.98 Å². The van der Waals surface area contributed by atoms with Crippen LogP contribution in [0.4, 0.5) is 0 Å². The number of hydrogen-bond donors (Lipinski definition) is 1. The molecule has 0 saturated carbocycles. The first kappa shape index (κ1) is 10.2. The van der Waals surface area contributed by atoms with E-state index >= 15 is 0 Å². The number of terminal acetylenes is 1. The molecular formula is C11H11N3. The third-order valence-electron chi connectivity index (χ3n) is 1.80. The highest BCUT2D eigenvalue weighted by molar-refractivity contribution is 5.25. The smallest absolute Gasteiger partial charge is 0.140 e. The molecule has 70 valence electrons. The number of hydrogen-bond acceptors (Lipinski definition) is 3. The summed E-state index contributed by atoms with van der Waals surface area (Å²) in [5.74, 6) is 2.57. The maximum Gasteiger partial charge on any atom is 0.140 e. The zero-order chi connectivity index (χ0) is 10.4. The summed E-state index contributed by atoms with van der Waals surface area (Å²) in [6.07, 6.45) is 6.84.